The third-order valence-electron chi connectivity index (χ3n) is 3.85. The molecular formula is C17H25FN3O2+. The van der Waals surface area contributed by atoms with Crippen LogP contribution in [-0.2, 0) is 16.1 Å². The van der Waals surface area contributed by atoms with Crippen molar-refractivity contribution in [2.75, 3.05) is 26.7 Å². The second-order valence-electron chi connectivity index (χ2n) is 6.19. The fraction of sp³-hybridized carbons (Fsp3) is 0.529. The van der Waals surface area contributed by atoms with Gasteiger partial charge in [0.1, 0.15) is 5.82 Å². The monoisotopic (exact) mass is 322 g/mol. The van der Waals surface area contributed by atoms with Crippen LogP contribution in [0.25, 0.3) is 0 Å². The molecule has 0 aliphatic heterocycles. The Kier molecular flexibility index (Phi) is 6.10. The van der Waals surface area contributed by atoms with Crippen LogP contribution < -0.4 is 10.2 Å². The first-order chi connectivity index (χ1) is 11.0. The molecule has 23 heavy (non-hydrogen) atoms. The molecule has 2 N–H and O–H groups in total. The summed E-state index contributed by atoms with van der Waals surface area (Å²) in [6, 6.07) is 6.61. The highest BCUT2D eigenvalue weighted by atomic mass is 19.1. The maximum atomic E-state index is 13.2. The Labute approximate surface area is 136 Å². The Morgan fingerprint density at radius 1 is 1.35 bits per heavy atom. The Morgan fingerprint density at radius 2 is 2.09 bits per heavy atom. The maximum Gasteiger partial charge on any atom is 0.278 e. The number of halogens is 1. The molecule has 1 unspecified atom stereocenters. The van der Waals surface area contributed by atoms with Crippen LogP contribution in [-0.4, -0.2) is 49.4 Å². The molecule has 1 aromatic rings. The summed E-state index contributed by atoms with van der Waals surface area (Å²) in [6.07, 6.45) is 2.11. The van der Waals surface area contributed by atoms with Crippen LogP contribution in [0.5, 0.6) is 0 Å². The number of carbonyl (C=O) groups excluding carboxylic acids is 2. The molecular weight excluding hydrogens is 297 g/mol. The molecule has 0 heterocycles. The van der Waals surface area contributed by atoms with E-state index in [-0.39, 0.29) is 24.2 Å². The summed E-state index contributed by atoms with van der Waals surface area (Å²) in [4.78, 5) is 26.7. The molecule has 1 atom stereocenters. The average molecular weight is 322 g/mol. The van der Waals surface area contributed by atoms with Crippen molar-refractivity contribution in [3.63, 3.8) is 0 Å². The molecule has 2 amide bonds. The molecule has 1 aliphatic rings. The Balaban J connectivity index is 1.82. The van der Waals surface area contributed by atoms with Gasteiger partial charge in [-0.1, -0.05) is 12.1 Å². The Hall–Kier alpha value is -1.95. The summed E-state index contributed by atoms with van der Waals surface area (Å²) in [7, 11) is 1.83. The molecule has 6 heteroatoms. The molecule has 1 aliphatic carbocycles. The fourth-order valence-electron chi connectivity index (χ4n) is 2.44. The highest BCUT2D eigenvalue weighted by Crippen LogP contribution is 2.17. The van der Waals surface area contributed by atoms with Crippen molar-refractivity contribution >= 4 is 11.8 Å². The number of benzene rings is 1. The van der Waals surface area contributed by atoms with Gasteiger partial charge in [-0.15, -0.1) is 0 Å². The number of carbonyl (C=O) groups is 2. The minimum atomic E-state index is -0.300. The summed E-state index contributed by atoms with van der Waals surface area (Å²) in [5.41, 5.74) is 0.768. The summed E-state index contributed by atoms with van der Waals surface area (Å²) in [6.45, 7) is 3.37. The van der Waals surface area contributed by atoms with Gasteiger partial charge < -0.3 is 15.1 Å². The molecule has 0 aromatic heterocycles. The van der Waals surface area contributed by atoms with Crippen molar-refractivity contribution in [1.82, 2.24) is 10.2 Å². The van der Waals surface area contributed by atoms with Crippen LogP contribution in [0.4, 0.5) is 4.39 Å². The first-order valence-corrected chi connectivity index (χ1v) is 8.10. The zero-order valence-electron chi connectivity index (χ0n) is 13.8. The minimum absolute atomic E-state index is 0.00835. The van der Waals surface area contributed by atoms with Crippen LogP contribution in [0.2, 0.25) is 0 Å². The Bertz CT molecular complexity index is 561. The first kappa shape index (κ1) is 17.4. The van der Waals surface area contributed by atoms with Crippen molar-refractivity contribution in [3.05, 3.63) is 35.6 Å². The lowest BCUT2D eigenvalue weighted by Gasteiger charge is -2.22. The minimum Gasteiger partial charge on any atom is -0.348 e. The number of likely N-dealkylation sites (N-methyl/N-ethyl adjacent to an activating group) is 2. The van der Waals surface area contributed by atoms with E-state index >= 15 is 0 Å². The molecule has 126 valence electrons. The van der Waals surface area contributed by atoms with Gasteiger partial charge in [0.25, 0.3) is 11.8 Å². The van der Waals surface area contributed by atoms with E-state index in [4.69, 9.17) is 0 Å². The SMILES string of the molecule is CCN(Cc1cccc(F)c1)C(=O)C[NH+](C)CC(=O)NC1CC1. The third kappa shape index (κ3) is 5.98. The fourth-order valence-corrected chi connectivity index (χ4v) is 2.44. The van der Waals surface area contributed by atoms with Crippen molar-refractivity contribution in [2.24, 2.45) is 0 Å². The second-order valence-corrected chi connectivity index (χ2v) is 6.19. The molecule has 0 radical (unpaired) electrons. The number of quaternary nitrogens is 1. The van der Waals surface area contributed by atoms with Crippen LogP contribution in [0, 0.1) is 5.82 Å². The molecule has 2 rings (SSSR count). The topological polar surface area (TPSA) is 53.9 Å². The number of hydrogen-bond donors (Lipinski definition) is 2. The summed E-state index contributed by atoms with van der Waals surface area (Å²) < 4.78 is 13.2. The quantitative estimate of drug-likeness (QED) is 0.706. The standard InChI is InChI=1S/C17H24FN3O2/c1-3-21(10-13-5-4-6-14(18)9-13)17(23)12-20(2)11-16(22)19-15-7-8-15/h4-6,9,15H,3,7-8,10-12H2,1-2H3,(H,19,22)/p+1. The largest absolute Gasteiger partial charge is 0.348 e. The summed E-state index contributed by atoms with van der Waals surface area (Å²) in [5, 5.41) is 2.92. The predicted molar refractivity (Wildman–Crippen MR) is 85.3 cm³/mol. The lowest BCUT2D eigenvalue weighted by Crippen LogP contribution is -3.11. The van der Waals surface area contributed by atoms with Crippen molar-refractivity contribution in [2.45, 2.75) is 32.4 Å². The van der Waals surface area contributed by atoms with Crippen LogP contribution >= 0.6 is 0 Å². The van der Waals surface area contributed by atoms with Gasteiger partial charge >= 0.3 is 0 Å². The molecule has 0 saturated heterocycles. The summed E-state index contributed by atoms with van der Waals surface area (Å²) in [5.74, 6) is -0.343. The van der Waals surface area contributed by atoms with Gasteiger partial charge in [-0.25, -0.2) is 4.39 Å². The zero-order valence-corrected chi connectivity index (χ0v) is 13.8. The number of hydrogen-bond acceptors (Lipinski definition) is 2. The van der Waals surface area contributed by atoms with E-state index in [2.05, 4.69) is 5.32 Å². The van der Waals surface area contributed by atoms with E-state index in [0.717, 1.165) is 23.3 Å². The van der Waals surface area contributed by atoms with Gasteiger partial charge in [-0.2, -0.15) is 0 Å². The third-order valence-corrected chi connectivity index (χ3v) is 3.85. The van der Waals surface area contributed by atoms with E-state index in [1.165, 1.54) is 12.1 Å². The van der Waals surface area contributed by atoms with Gasteiger partial charge in [0.2, 0.25) is 0 Å². The van der Waals surface area contributed by atoms with Gasteiger partial charge in [-0.3, -0.25) is 9.59 Å². The van der Waals surface area contributed by atoms with E-state index in [1.54, 1.807) is 17.0 Å². The van der Waals surface area contributed by atoms with Crippen LogP contribution in [0.15, 0.2) is 24.3 Å². The van der Waals surface area contributed by atoms with Crippen LogP contribution in [0.1, 0.15) is 25.3 Å². The van der Waals surface area contributed by atoms with Gasteiger partial charge in [-0.05, 0) is 37.5 Å². The second kappa shape index (κ2) is 8.06. The number of rotatable bonds is 8. The average Bonchev–Trinajstić information content (AvgIpc) is 3.28. The summed E-state index contributed by atoms with van der Waals surface area (Å²) >= 11 is 0. The zero-order chi connectivity index (χ0) is 16.8. The molecule has 5 nitrogen and oxygen atoms in total. The lowest BCUT2D eigenvalue weighted by molar-refractivity contribution is -0.863. The Morgan fingerprint density at radius 3 is 2.70 bits per heavy atom. The van der Waals surface area contributed by atoms with Crippen molar-refractivity contribution in [1.29, 1.82) is 0 Å². The van der Waals surface area contributed by atoms with E-state index in [0.29, 0.717) is 25.7 Å². The first-order valence-electron chi connectivity index (χ1n) is 8.10. The maximum absolute atomic E-state index is 13.2. The highest BCUT2D eigenvalue weighted by Gasteiger charge is 2.25. The van der Waals surface area contributed by atoms with Crippen molar-refractivity contribution in [3.8, 4) is 0 Å². The number of nitrogens with zero attached hydrogens (tertiary/aromatic N) is 1. The van der Waals surface area contributed by atoms with Crippen LogP contribution in [0.3, 0.4) is 0 Å². The van der Waals surface area contributed by atoms with E-state index in [9.17, 15) is 14.0 Å². The predicted octanol–water partition coefficient (Wildman–Crippen LogP) is -0.0325. The normalized spacial score (nSPS) is 15.1. The number of amides is 2. The molecule has 1 aromatic carbocycles. The van der Waals surface area contributed by atoms with E-state index in [1.807, 2.05) is 14.0 Å². The lowest BCUT2D eigenvalue weighted by atomic mass is 10.2. The van der Waals surface area contributed by atoms with Gasteiger partial charge in [0.05, 0.1) is 7.05 Å². The van der Waals surface area contributed by atoms with E-state index < -0.39 is 0 Å². The molecule has 1 fully saturated rings. The molecule has 0 spiro atoms. The molecule has 1 saturated carbocycles. The smallest absolute Gasteiger partial charge is 0.278 e. The molecule has 0 bridgehead atoms. The van der Waals surface area contributed by atoms with Crippen molar-refractivity contribution < 1.29 is 18.9 Å². The van der Waals surface area contributed by atoms with Gasteiger partial charge in [0, 0.05) is 19.1 Å². The number of nitrogens with one attached hydrogen (secondary N) is 2. The highest BCUT2D eigenvalue weighted by molar-refractivity contribution is 5.79. The van der Waals surface area contributed by atoms with Gasteiger partial charge in [0.15, 0.2) is 13.1 Å².